The Morgan fingerprint density at radius 3 is 2.80 bits per heavy atom. The Bertz CT molecular complexity index is 857. The van der Waals surface area contributed by atoms with E-state index in [1.165, 1.54) is 11.1 Å². The molecule has 6 nitrogen and oxygen atoms in total. The maximum absolute atomic E-state index is 13.1. The van der Waals surface area contributed by atoms with Crippen LogP contribution in [0.4, 0.5) is 5.69 Å². The number of nitrogens with one attached hydrogen (secondary N) is 1. The smallest absolute Gasteiger partial charge is 0.242 e. The van der Waals surface area contributed by atoms with Gasteiger partial charge in [0.25, 0.3) is 0 Å². The first-order chi connectivity index (χ1) is 14.5. The predicted octanol–water partition coefficient (Wildman–Crippen LogP) is 3.12. The van der Waals surface area contributed by atoms with E-state index in [9.17, 15) is 4.79 Å². The van der Waals surface area contributed by atoms with E-state index in [1.807, 2.05) is 25.1 Å². The average Bonchev–Trinajstić information content (AvgIpc) is 2.75. The van der Waals surface area contributed by atoms with E-state index >= 15 is 0 Å². The van der Waals surface area contributed by atoms with E-state index in [-0.39, 0.29) is 12.5 Å². The molecule has 3 rings (SSSR count). The van der Waals surface area contributed by atoms with Crippen LogP contribution in [0.2, 0.25) is 5.02 Å². The molecule has 2 heterocycles. The molecule has 0 spiro atoms. The number of benzene rings is 1. The number of hydrogen-bond donors (Lipinski definition) is 1. The summed E-state index contributed by atoms with van der Waals surface area (Å²) in [6.07, 6.45) is 2.77. The zero-order chi connectivity index (χ0) is 21.5. The van der Waals surface area contributed by atoms with Gasteiger partial charge < -0.3 is 15.1 Å². The van der Waals surface area contributed by atoms with Crippen molar-refractivity contribution in [1.82, 2.24) is 19.7 Å². The van der Waals surface area contributed by atoms with E-state index in [4.69, 9.17) is 11.6 Å². The van der Waals surface area contributed by atoms with Crippen molar-refractivity contribution in [3.63, 3.8) is 0 Å². The molecule has 0 atom stereocenters. The first-order valence-corrected chi connectivity index (χ1v) is 10.9. The van der Waals surface area contributed by atoms with Gasteiger partial charge in [-0.2, -0.15) is 0 Å². The second-order valence-corrected chi connectivity index (χ2v) is 8.37. The molecule has 1 amide bonds. The minimum Gasteiger partial charge on any atom is -0.376 e. The number of hydrogen-bond acceptors (Lipinski definition) is 5. The lowest BCUT2D eigenvalue weighted by molar-refractivity contribution is -0.130. The van der Waals surface area contributed by atoms with Gasteiger partial charge in [-0.3, -0.25) is 14.7 Å². The SMILES string of the molecule is CCN1CCc2cccc(NCC(=O)N(CCN(C)C)Cc3ncccc3Cl)c2C1. The summed E-state index contributed by atoms with van der Waals surface area (Å²) < 4.78 is 0. The van der Waals surface area contributed by atoms with Crippen LogP contribution in [0, 0.1) is 0 Å². The van der Waals surface area contributed by atoms with Gasteiger partial charge in [0.1, 0.15) is 0 Å². The Morgan fingerprint density at radius 1 is 1.23 bits per heavy atom. The number of aromatic nitrogens is 1. The second kappa shape index (κ2) is 10.8. The molecular weight excluding hydrogens is 398 g/mol. The molecule has 0 unspecified atom stereocenters. The second-order valence-electron chi connectivity index (χ2n) is 7.97. The van der Waals surface area contributed by atoms with Crippen LogP contribution in [0.15, 0.2) is 36.5 Å². The number of carbonyl (C=O) groups is 1. The molecule has 2 aromatic rings. The van der Waals surface area contributed by atoms with Crippen molar-refractivity contribution >= 4 is 23.2 Å². The fraction of sp³-hybridized carbons (Fsp3) is 0.478. The van der Waals surface area contributed by atoms with Crippen LogP contribution in [0.25, 0.3) is 0 Å². The molecule has 0 saturated carbocycles. The fourth-order valence-corrected chi connectivity index (χ4v) is 3.86. The first kappa shape index (κ1) is 22.5. The van der Waals surface area contributed by atoms with Crippen molar-refractivity contribution in [1.29, 1.82) is 0 Å². The Labute approximate surface area is 184 Å². The van der Waals surface area contributed by atoms with Crippen LogP contribution in [0.5, 0.6) is 0 Å². The summed E-state index contributed by atoms with van der Waals surface area (Å²) in [4.78, 5) is 23.8. The van der Waals surface area contributed by atoms with E-state index < -0.39 is 0 Å². The zero-order valence-corrected chi connectivity index (χ0v) is 19.0. The van der Waals surface area contributed by atoms with Gasteiger partial charge in [0.2, 0.25) is 5.91 Å². The molecule has 0 fully saturated rings. The summed E-state index contributed by atoms with van der Waals surface area (Å²) in [6, 6.07) is 9.96. The van der Waals surface area contributed by atoms with Gasteiger partial charge >= 0.3 is 0 Å². The first-order valence-electron chi connectivity index (χ1n) is 10.6. The molecule has 1 N–H and O–H groups in total. The Morgan fingerprint density at radius 2 is 2.07 bits per heavy atom. The lowest BCUT2D eigenvalue weighted by Crippen LogP contribution is -2.39. The number of halogens is 1. The summed E-state index contributed by atoms with van der Waals surface area (Å²) in [7, 11) is 4.01. The van der Waals surface area contributed by atoms with Crippen molar-refractivity contribution in [3.8, 4) is 0 Å². The van der Waals surface area contributed by atoms with E-state index in [0.717, 1.165) is 44.0 Å². The Balaban J connectivity index is 1.69. The van der Waals surface area contributed by atoms with E-state index in [0.29, 0.717) is 18.1 Å². The van der Waals surface area contributed by atoms with Crippen LogP contribution < -0.4 is 5.32 Å². The van der Waals surface area contributed by atoms with Gasteiger partial charge in [0, 0.05) is 38.1 Å². The molecule has 7 heteroatoms. The van der Waals surface area contributed by atoms with Gasteiger partial charge in [-0.25, -0.2) is 0 Å². The fourth-order valence-electron chi connectivity index (χ4n) is 3.68. The minimum absolute atomic E-state index is 0.0410. The van der Waals surface area contributed by atoms with Crippen LogP contribution in [-0.2, 0) is 24.3 Å². The van der Waals surface area contributed by atoms with Crippen LogP contribution in [-0.4, -0.2) is 72.4 Å². The number of rotatable bonds is 9. The van der Waals surface area contributed by atoms with Gasteiger partial charge in [0.15, 0.2) is 0 Å². The molecule has 1 aliphatic heterocycles. The topological polar surface area (TPSA) is 51.7 Å². The quantitative estimate of drug-likeness (QED) is 0.663. The highest BCUT2D eigenvalue weighted by molar-refractivity contribution is 6.31. The third-order valence-electron chi connectivity index (χ3n) is 5.57. The molecule has 1 aliphatic rings. The van der Waals surface area contributed by atoms with Crippen LogP contribution >= 0.6 is 11.6 Å². The predicted molar refractivity (Wildman–Crippen MR) is 123 cm³/mol. The van der Waals surface area contributed by atoms with Crippen LogP contribution in [0.1, 0.15) is 23.7 Å². The van der Waals surface area contributed by atoms with Crippen molar-refractivity contribution < 1.29 is 4.79 Å². The number of fused-ring (bicyclic) bond motifs is 1. The number of carbonyl (C=O) groups excluding carboxylic acids is 1. The number of nitrogens with zero attached hydrogens (tertiary/aromatic N) is 4. The number of anilines is 1. The summed E-state index contributed by atoms with van der Waals surface area (Å²) >= 11 is 6.28. The summed E-state index contributed by atoms with van der Waals surface area (Å²) in [5.74, 6) is 0.0410. The maximum atomic E-state index is 13.1. The van der Waals surface area contributed by atoms with Crippen molar-refractivity contribution in [2.45, 2.75) is 26.4 Å². The third-order valence-corrected chi connectivity index (χ3v) is 5.92. The van der Waals surface area contributed by atoms with Gasteiger partial charge in [-0.05, 0) is 56.4 Å². The Hall–Kier alpha value is -2.15. The van der Waals surface area contributed by atoms with Gasteiger partial charge in [-0.15, -0.1) is 0 Å². The lowest BCUT2D eigenvalue weighted by Gasteiger charge is -2.30. The minimum atomic E-state index is 0.0410. The molecule has 1 aromatic carbocycles. The molecule has 162 valence electrons. The molecule has 30 heavy (non-hydrogen) atoms. The van der Waals surface area contributed by atoms with Crippen molar-refractivity contribution in [2.24, 2.45) is 0 Å². The molecular formula is C23H32ClN5O. The standard InChI is InChI=1S/C23H32ClN5O/c1-4-28-12-10-18-7-5-9-21(19(18)16-28)26-15-23(30)29(14-13-27(2)3)17-22-20(24)8-6-11-25-22/h5-9,11,26H,4,10,12-17H2,1-3H3. The van der Waals surface area contributed by atoms with E-state index in [2.05, 4.69) is 45.2 Å². The molecule has 0 radical (unpaired) electrons. The lowest BCUT2D eigenvalue weighted by atomic mass is 9.98. The van der Waals surface area contributed by atoms with Gasteiger partial charge in [-0.1, -0.05) is 30.7 Å². The third kappa shape index (κ3) is 5.94. The number of pyridine rings is 1. The van der Waals surface area contributed by atoms with Gasteiger partial charge in [0.05, 0.1) is 23.8 Å². The average molecular weight is 430 g/mol. The van der Waals surface area contributed by atoms with Crippen LogP contribution in [0.3, 0.4) is 0 Å². The highest BCUT2D eigenvalue weighted by Crippen LogP contribution is 2.26. The normalized spacial score (nSPS) is 13.9. The largest absolute Gasteiger partial charge is 0.376 e. The zero-order valence-electron chi connectivity index (χ0n) is 18.2. The summed E-state index contributed by atoms with van der Waals surface area (Å²) in [6.45, 7) is 7.31. The molecule has 1 aromatic heterocycles. The highest BCUT2D eigenvalue weighted by Gasteiger charge is 2.20. The summed E-state index contributed by atoms with van der Waals surface area (Å²) in [5, 5.41) is 3.99. The maximum Gasteiger partial charge on any atom is 0.242 e. The monoisotopic (exact) mass is 429 g/mol. The number of likely N-dealkylation sites (N-methyl/N-ethyl adjacent to an activating group) is 2. The van der Waals surface area contributed by atoms with Crippen molar-refractivity contribution in [3.05, 3.63) is 58.4 Å². The molecule has 0 bridgehead atoms. The highest BCUT2D eigenvalue weighted by atomic mass is 35.5. The summed E-state index contributed by atoms with van der Waals surface area (Å²) in [5.41, 5.74) is 4.47. The molecule has 0 aliphatic carbocycles. The van der Waals surface area contributed by atoms with Crippen molar-refractivity contribution in [2.75, 3.05) is 52.1 Å². The Kier molecular flexibility index (Phi) is 8.08. The van der Waals surface area contributed by atoms with E-state index in [1.54, 1.807) is 12.3 Å². The number of amides is 1. The molecule has 0 saturated heterocycles.